The lowest BCUT2D eigenvalue weighted by atomic mass is 10.2. The third kappa shape index (κ3) is 3.91. The van der Waals surface area contributed by atoms with Crippen LogP contribution in [-0.2, 0) is 0 Å². The Balaban J connectivity index is 2.54. The van der Waals surface area contributed by atoms with Gasteiger partial charge in [-0.15, -0.1) is 0 Å². The standard InChI is InChI=1S/C10H15BrN2OS/c1-3-8(6-15-2)13-10(14)9-4-7(11)5-12-9/h4-5,8,12H,3,6H2,1-2H3,(H,13,14). The quantitative estimate of drug-likeness (QED) is 0.876. The number of amides is 1. The Labute approximate surface area is 103 Å². The lowest BCUT2D eigenvalue weighted by Gasteiger charge is -2.14. The van der Waals surface area contributed by atoms with Crippen molar-refractivity contribution < 1.29 is 4.79 Å². The van der Waals surface area contributed by atoms with Crippen molar-refractivity contribution in [3.05, 3.63) is 22.4 Å². The summed E-state index contributed by atoms with van der Waals surface area (Å²) in [5.41, 5.74) is 0.599. The molecule has 0 aliphatic heterocycles. The first kappa shape index (κ1) is 12.6. The molecule has 0 spiro atoms. The molecule has 5 heteroatoms. The molecule has 1 unspecified atom stereocenters. The molecule has 1 heterocycles. The molecule has 1 atom stereocenters. The summed E-state index contributed by atoms with van der Waals surface area (Å²) in [5, 5.41) is 2.99. The summed E-state index contributed by atoms with van der Waals surface area (Å²) < 4.78 is 0.894. The average Bonchev–Trinajstić information content (AvgIpc) is 2.64. The van der Waals surface area contributed by atoms with Gasteiger partial charge in [0.05, 0.1) is 0 Å². The van der Waals surface area contributed by atoms with E-state index in [9.17, 15) is 4.79 Å². The molecule has 0 fully saturated rings. The van der Waals surface area contributed by atoms with Gasteiger partial charge in [0.25, 0.3) is 5.91 Å². The lowest BCUT2D eigenvalue weighted by Crippen LogP contribution is -2.36. The van der Waals surface area contributed by atoms with Crippen molar-refractivity contribution in [3.63, 3.8) is 0 Å². The summed E-state index contributed by atoms with van der Waals surface area (Å²) >= 11 is 5.04. The predicted molar refractivity (Wildman–Crippen MR) is 68.4 cm³/mol. The number of aromatic nitrogens is 1. The van der Waals surface area contributed by atoms with Gasteiger partial charge in [-0.05, 0) is 34.7 Å². The molecular weight excluding hydrogens is 276 g/mol. The summed E-state index contributed by atoms with van der Waals surface area (Å²) in [6, 6.07) is 2.02. The van der Waals surface area contributed by atoms with E-state index in [0.29, 0.717) is 5.69 Å². The Morgan fingerprint density at radius 3 is 2.93 bits per heavy atom. The van der Waals surface area contributed by atoms with Crippen LogP contribution in [0.15, 0.2) is 16.7 Å². The van der Waals surface area contributed by atoms with E-state index < -0.39 is 0 Å². The van der Waals surface area contributed by atoms with Crippen molar-refractivity contribution in [2.24, 2.45) is 0 Å². The summed E-state index contributed by atoms with van der Waals surface area (Å²) in [7, 11) is 0. The zero-order chi connectivity index (χ0) is 11.3. The van der Waals surface area contributed by atoms with E-state index >= 15 is 0 Å². The van der Waals surface area contributed by atoms with Crippen LogP contribution < -0.4 is 5.32 Å². The molecule has 0 saturated heterocycles. The van der Waals surface area contributed by atoms with E-state index in [1.54, 1.807) is 24.0 Å². The first-order valence-electron chi connectivity index (χ1n) is 4.81. The molecule has 0 aliphatic carbocycles. The Kier molecular flexibility index (Phi) is 5.25. The van der Waals surface area contributed by atoms with Crippen molar-refractivity contribution >= 4 is 33.6 Å². The molecule has 0 saturated carbocycles. The molecular formula is C10H15BrN2OS. The number of thioether (sulfide) groups is 1. The van der Waals surface area contributed by atoms with E-state index in [4.69, 9.17) is 0 Å². The highest BCUT2D eigenvalue weighted by molar-refractivity contribution is 9.10. The summed E-state index contributed by atoms with van der Waals surface area (Å²) in [4.78, 5) is 14.6. The molecule has 1 aromatic heterocycles. The molecule has 0 aliphatic rings. The highest BCUT2D eigenvalue weighted by Crippen LogP contribution is 2.11. The minimum absolute atomic E-state index is 0.0402. The third-order valence-electron chi connectivity index (χ3n) is 2.09. The fourth-order valence-corrected chi connectivity index (χ4v) is 2.29. The Morgan fingerprint density at radius 1 is 1.73 bits per heavy atom. The zero-order valence-corrected chi connectivity index (χ0v) is 11.2. The Hall–Kier alpha value is -0.420. The number of carbonyl (C=O) groups excluding carboxylic acids is 1. The molecule has 0 radical (unpaired) electrons. The van der Waals surface area contributed by atoms with Crippen LogP contribution in [0.4, 0.5) is 0 Å². The fraction of sp³-hybridized carbons (Fsp3) is 0.500. The predicted octanol–water partition coefficient (Wildman–Crippen LogP) is 2.65. The van der Waals surface area contributed by atoms with Gasteiger partial charge < -0.3 is 10.3 Å². The third-order valence-corrected chi connectivity index (χ3v) is 3.28. The molecule has 0 bridgehead atoms. The highest BCUT2D eigenvalue weighted by Gasteiger charge is 2.12. The molecule has 84 valence electrons. The second-order valence-corrected chi connectivity index (χ2v) is 5.09. The van der Waals surface area contributed by atoms with Gasteiger partial charge in [-0.1, -0.05) is 6.92 Å². The Bertz CT molecular complexity index is 327. The van der Waals surface area contributed by atoms with Gasteiger partial charge in [0.15, 0.2) is 0 Å². The normalized spacial score (nSPS) is 12.5. The summed E-state index contributed by atoms with van der Waals surface area (Å²) in [5.74, 6) is 0.908. The first-order valence-corrected chi connectivity index (χ1v) is 6.99. The van der Waals surface area contributed by atoms with Gasteiger partial charge >= 0.3 is 0 Å². The van der Waals surface area contributed by atoms with Crippen LogP contribution >= 0.6 is 27.7 Å². The van der Waals surface area contributed by atoms with Crippen molar-refractivity contribution in [2.75, 3.05) is 12.0 Å². The lowest BCUT2D eigenvalue weighted by molar-refractivity contribution is 0.0935. The van der Waals surface area contributed by atoms with Crippen LogP contribution in [-0.4, -0.2) is 28.9 Å². The molecule has 1 amide bonds. The van der Waals surface area contributed by atoms with Crippen LogP contribution in [0.25, 0.3) is 0 Å². The molecule has 15 heavy (non-hydrogen) atoms. The first-order chi connectivity index (χ1) is 7.17. The van der Waals surface area contributed by atoms with E-state index in [2.05, 4.69) is 33.2 Å². The van der Waals surface area contributed by atoms with Crippen molar-refractivity contribution in [3.8, 4) is 0 Å². The summed E-state index contributed by atoms with van der Waals surface area (Å²) in [6.45, 7) is 2.08. The van der Waals surface area contributed by atoms with Crippen LogP contribution in [0.5, 0.6) is 0 Å². The SMILES string of the molecule is CCC(CSC)NC(=O)c1cc(Br)c[nH]1. The zero-order valence-electron chi connectivity index (χ0n) is 8.84. The number of halogens is 1. The van der Waals surface area contributed by atoms with Crippen molar-refractivity contribution in [1.82, 2.24) is 10.3 Å². The smallest absolute Gasteiger partial charge is 0.267 e. The van der Waals surface area contributed by atoms with Crippen LogP contribution in [0, 0.1) is 0 Å². The van der Waals surface area contributed by atoms with Gasteiger partial charge in [0.1, 0.15) is 5.69 Å². The maximum Gasteiger partial charge on any atom is 0.267 e. The number of H-pyrrole nitrogens is 1. The average molecular weight is 291 g/mol. The minimum atomic E-state index is -0.0402. The van der Waals surface area contributed by atoms with E-state index in [1.165, 1.54) is 0 Å². The van der Waals surface area contributed by atoms with Crippen LogP contribution in [0.3, 0.4) is 0 Å². The number of nitrogens with one attached hydrogen (secondary N) is 2. The molecule has 3 nitrogen and oxygen atoms in total. The molecule has 1 aromatic rings. The van der Waals surface area contributed by atoms with Gasteiger partial charge in [-0.3, -0.25) is 4.79 Å². The van der Waals surface area contributed by atoms with Crippen LogP contribution in [0.2, 0.25) is 0 Å². The van der Waals surface area contributed by atoms with E-state index in [-0.39, 0.29) is 11.9 Å². The van der Waals surface area contributed by atoms with Gasteiger partial charge in [0.2, 0.25) is 0 Å². The fourth-order valence-electron chi connectivity index (χ4n) is 1.22. The largest absolute Gasteiger partial charge is 0.356 e. The topological polar surface area (TPSA) is 44.9 Å². The van der Waals surface area contributed by atoms with Crippen LogP contribution in [0.1, 0.15) is 23.8 Å². The number of aromatic amines is 1. The second-order valence-electron chi connectivity index (χ2n) is 3.27. The second kappa shape index (κ2) is 6.23. The van der Waals surface area contributed by atoms with Crippen molar-refractivity contribution in [1.29, 1.82) is 0 Å². The van der Waals surface area contributed by atoms with Gasteiger partial charge in [-0.25, -0.2) is 0 Å². The molecule has 2 N–H and O–H groups in total. The monoisotopic (exact) mass is 290 g/mol. The summed E-state index contributed by atoms with van der Waals surface area (Å²) in [6.07, 6.45) is 4.75. The number of carbonyl (C=O) groups is 1. The minimum Gasteiger partial charge on any atom is -0.356 e. The maximum atomic E-state index is 11.7. The van der Waals surface area contributed by atoms with E-state index in [1.807, 2.05) is 6.26 Å². The van der Waals surface area contributed by atoms with Gasteiger partial charge in [0, 0.05) is 22.5 Å². The van der Waals surface area contributed by atoms with E-state index in [0.717, 1.165) is 16.6 Å². The Morgan fingerprint density at radius 2 is 2.47 bits per heavy atom. The molecule has 0 aromatic carbocycles. The van der Waals surface area contributed by atoms with Crippen molar-refractivity contribution in [2.45, 2.75) is 19.4 Å². The highest BCUT2D eigenvalue weighted by atomic mass is 79.9. The maximum absolute atomic E-state index is 11.7. The number of hydrogen-bond acceptors (Lipinski definition) is 2. The number of hydrogen-bond donors (Lipinski definition) is 2. The number of rotatable bonds is 5. The van der Waals surface area contributed by atoms with Gasteiger partial charge in [-0.2, -0.15) is 11.8 Å². The molecule has 1 rings (SSSR count).